The molecule has 0 aliphatic heterocycles. The number of nitrogens with one attached hydrogen (secondary N) is 2. The minimum absolute atomic E-state index is 0.0317. The van der Waals surface area contributed by atoms with E-state index in [0.29, 0.717) is 0 Å². The predicted molar refractivity (Wildman–Crippen MR) is 69.7 cm³/mol. The van der Waals surface area contributed by atoms with E-state index < -0.39 is 11.8 Å². The number of halogens is 1. The second kappa shape index (κ2) is 6.84. The molecule has 19 heavy (non-hydrogen) atoms. The molecular weight excluding hydrogens is 251 g/mol. The van der Waals surface area contributed by atoms with Crippen molar-refractivity contribution in [2.24, 2.45) is 0 Å². The number of carboxylic acids is 1. The summed E-state index contributed by atoms with van der Waals surface area (Å²) in [6.45, 7) is 4.49. The Morgan fingerprint density at radius 3 is 2.68 bits per heavy atom. The zero-order valence-electron chi connectivity index (χ0n) is 10.9. The topological polar surface area (TPSA) is 78.4 Å². The lowest BCUT2D eigenvalue weighted by Gasteiger charge is -2.12. The number of carboxylic acid groups (broad SMARTS) is 1. The molecule has 0 fully saturated rings. The van der Waals surface area contributed by atoms with Crippen LogP contribution in [0.5, 0.6) is 0 Å². The zero-order valence-corrected chi connectivity index (χ0v) is 10.9. The second-order valence-electron chi connectivity index (χ2n) is 4.21. The lowest BCUT2D eigenvalue weighted by molar-refractivity contribution is -0.116. The third kappa shape index (κ3) is 4.67. The van der Waals surface area contributed by atoms with Gasteiger partial charge in [0.2, 0.25) is 5.91 Å². The summed E-state index contributed by atoms with van der Waals surface area (Å²) in [5.41, 5.74) is -0.190. The summed E-state index contributed by atoms with van der Waals surface area (Å²) in [7, 11) is 0. The van der Waals surface area contributed by atoms with Gasteiger partial charge in [0.1, 0.15) is 5.82 Å². The molecule has 1 unspecified atom stereocenters. The minimum atomic E-state index is -1.17. The molecule has 6 heteroatoms. The maximum absolute atomic E-state index is 13.5. The Kier molecular flexibility index (Phi) is 5.44. The van der Waals surface area contributed by atoms with Gasteiger partial charge in [-0.05, 0) is 31.7 Å². The summed E-state index contributed by atoms with van der Waals surface area (Å²) >= 11 is 0. The van der Waals surface area contributed by atoms with Crippen LogP contribution in [0.1, 0.15) is 30.6 Å². The first-order chi connectivity index (χ1) is 8.93. The highest BCUT2D eigenvalue weighted by atomic mass is 19.1. The fourth-order valence-electron chi connectivity index (χ4n) is 1.65. The minimum Gasteiger partial charge on any atom is -0.478 e. The number of carbonyl (C=O) groups is 2. The monoisotopic (exact) mass is 268 g/mol. The first-order valence-corrected chi connectivity index (χ1v) is 6.00. The van der Waals surface area contributed by atoms with Gasteiger partial charge >= 0.3 is 5.97 Å². The zero-order chi connectivity index (χ0) is 14.4. The quantitative estimate of drug-likeness (QED) is 0.735. The smallest absolute Gasteiger partial charge is 0.335 e. The number of amides is 1. The van der Waals surface area contributed by atoms with Crippen LogP contribution in [0.15, 0.2) is 18.2 Å². The van der Waals surface area contributed by atoms with Gasteiger partial charge < -0.3 is 15.7 Å². The standard InChI is InChI=1S/C13H17FN2O3/c1-3-15-8(2)6-12(17)16-11-7-9(13(18)19)4-5-10(11)14/h4-5,7-8,15H,3,6H2,1-2H3,(H,16,17)(H,18,19). The van der Waals surface area contributed by atoms with Crippen LogP contribution in [0.2, 0.25) is 0 Å². The van der Waals surface area contributed by atoms with E-state index in [-0.39, 0.29) is 29.6 Å². The van der Waals surface area contributed by atoms with Crippen LogP contribution in [0.4, 0.5) is 10.1 Å². The van der Waals surface area contributed by atoms with Gasteiger partial charge in [-0.1, -0.05) is 6.92 Å². The number of hydrogen-bond donors (Lipinski definition) is 3. The van der Waals surface area contributed by atoms with Crippen molar-refractivity contribution in [2.75, 3.05) is 11.9 Å². The van der Waals surface area contributed by atoms with Crippen molar-refractivity contribution >= 4 is 17.6 Å². The highest BCUT2D eigenvalue weighted by molar-refractivity contribution is 5.94. The summed E-state index contributed by atoms with van der Waals surface area (Å²) in [5.74, 6) is -2.19. The van der Waals surface area contributed by atoms with Crippen molar-refractivity contribution in [3.63, 3.8) is 0 Å². The molecule has 0 aliphatic rings. The van der Waals surface area contributed by atoms with Crippen LogP contribution in [0.3, 0.4) is 0 Å². The molecule has 0 aliphatic carbocycles. The van der Waals surface area contributed by atoms with E-state index >= 15 is 0 Å². The van der Waals surface area contributed by atoms with Gasteiger partial charge in [-0.2, -0.15) is 0 Å². The molecule has 0 radical (unpaired) electrons. The predicted octanol–water partition coefficient (Wildman–Crippen LogP) is 1.85. The maximum atomic E-state index is 13.5. The van der Waals surface area contributed by atoms with Crippen LogP contribution in [0, 0.1) is 5.82 Å². The van der Waals surface area contributed by atoms with Gasteiger partial charge in [0.15, 0.2) is 0 Å². The van der Waals surface area contributed by atoms with Gasteiger partial charge in [-0.15, -0.1) is 0 Å². The molecule has 0 heterocycles. The van der Waals surface area contributed by atoms with Crippen molar-refractivity contribution in [3.05, 3.63) is 29.6 Å². The van der Waals surface area contributed by atoms with Gasteiger partial charge in [-0.3, -0.25) is 4.79 Å². The Bertz CT molecular complexity index is 477. The molecule has 104 valence electrons. The molecule has 5 nitrogen and oxygen atoms in total. The maximum Gasteiger partial charge on any atom is 0.335 e. The fourth-order valence-corrected chi connectivity index (χ4v) is 1.65. The number of aromatic carboxylic acids is 1. The van der Waals surface area contributed by atoms with Crippen LogP contribution in [0.25, 0.3) is 0 Å². The Morgan fingerprint density at radius 1 is 1.42 bits per heavy atom. The first-order valence-electron chi connectivity index (χ1n) is 6.00. The normalized spacial score (nSPS) is 11.9. The molecule has 1 aromatic carbocycles. The molecule has 0 spiro atoms. The number of anilines is 1. The van der Waals surface area contributed by atoms with E-state index in [1.807, 2.05) is 13.8 Å². The lowest BCUT2D eigenvalue weighted by atomic mass is 10.1. The van der Waals surface area contributed by atoms with Crippen molar-refractivity contribution in [2.45, 2.75) is 26.3 Å². The SMILES string of the molecule is CCNC(C)CC(=O)Nc1cc(C(=O)O)ccc1F. The highest BCUT2D eigenvalue weighted by Crippen LogP contribution is 2.16. The van der Waals surface area contributed by atoms with Crippen LogP contribution < -0.4 is 10.6 Å². The number of hydrogen-bond acceptors (Lipinski definition) is 3. The Morgan fingerprint density at radius 2 is 2.11 bits per heavy atom. The number of rotatable bonds is 6. The molecule has 0 bridgehead atoms. The van der Waals surface area contributed by atoms with Crippen LogP contribution in [-0.4, -0.2) is 29.6 Å². The number of carbonyl (C=O) groups excluding carboxylic acids is 1. The molecule has 0 aromatic heterocycles. The average molecular weight is 268 g/mol. The van der Waals surface area contributed by atoms with E-state index in [1.165, 1.54) is 0 Å². The van der Waals surface area contributed by atoms with Gasteiger partial charge in [0.25, 0.3) is 0 Å². The average Bonchev–Trinajstić information content (AvgIpc) is 2.31. The van der Waals surface area contributed by atoms with E-state index in [9.17, 15) is 14.0 Å². The van der Waals surface area contributed by atoms with E-state index in [2.05, 4.69) is 10.6 Å². The van der Waals surface area contributed by atoms with E-state index in [4.69, 9.17) is 5.11 Å². The second-order valence-corrected chi connectivity index (χ2v) is 4.21. The molecule has 0 saturated heterocycles. The van der Waals surface area contributed by atoms with E-state index in [1.54, 1.807) is 0 Å². The third-order valence-electron chi connectivity index (χ3n) is 2.53. The largest absolute Gasteiger partial charge is 0.478 e. The van der Waals surface area contributed by atoms with Gasteiger partial charge in [-0.25, -0.2) is 9.18 Å². The molecule has 0 saturated carbocycles. The molecule has 3 N–H and O–H groups in total. The van der Waals surface area contributed by atoms with Crippen molar-refractivity contribution in [3.8, 4) is 0 Å². The van der Waals surface area contributed by atoms with Gasteiger partial charge in [0, 0.05) is 12.5 Å². The summed E-state index contributed by atoms with van der Waals surface area (Å²) in [6, 6.07) is 3.24. The van der Waals surface area contributed by atoms with E-state index in [0.717, 1.165) is 24.7 Å². The molecule has 1 aromatic rings. The molecule has 1 amide bonds. The lowest BCUT2D eigenvalue weighted by Crippen LogP contribution is -2.30. The van der Waals surface area contributed by atoms with Crippen LogP contribution in [-0.2, 0) is 4.79 Å². The summed E-state index contributed by atoms with van der Waals surface area (Å²) in [6.07, 6.45) is 0.185. The first kappa shape index (κ1) is 15.1. The third-order valence-corrected chi connectivity index (χ3v) is 2.53. The Balaban J connectivity index is 2.73. The van der Waals surface area contributed by atoms with Crippen molar-refractivity contribution < 1.29 is 19.1 Å². The summed E-state index contributed by atoms with van der Waals surface area (Å²) in [5, 5.41) is 14.2. The molecule has 1 atom stereocenters. The fraction of sp³-hybridized carbons (Fsp3) is 0.385. The Hall–Kier alpha value is -1.95. The van der Waals surface area contributed by atoms with Crippen LogP contribution >= 0.6 is 0 Å². The number of benzene rings is 1. The highest BCUT2D eigenvalue weighted by Gasteiger charge is 2.13. The Labute approximate surface area is 110 Å². The molecular formula is C13H17FN2O3. The molecule has 1 rings (SSSR count). The van der Waals surface area contributed by atoms with Gasteiger partial charge in [0.05, 0.1) is 11.3 Å². The summed E-state index contributed by atoms with van der Waals surface area (Å²) < 4.78 is 13.5. The summed E-state index contributed by atoms with van der Waals surface area (Å²) in [4.78, 5) is 22.4. The van der Waals surface area contributed by atoms with Crippen molar-refractivity contribution in [1.82, 2.24) is 5.32 Å². The van der Waals surface area contributed by atoms with Crippen molar-refractivity contribution in [1.29, 1.82) is 0 Å².